The number of benzene rings is 6. The van der Waals surface area contributed by atoms with E-state index in [4.69, 9.17) is 14.5 Å². The summed E-state index contributed by atoms with van der Waals surface area (Å²) in [5.74, 6) is -0.663. The van der Waals surface area contributed by atoms with Crippen molar-refractivity contribution < 1.29 is 19.1 Å². The average Bonchev–Trinajstić information content (AvgIpc) is 3.24. The molecule has 0 fully saturated rings. The summed E-state index contributed by atoms with van der Waals surface area (Å²) in [5, 5.41) is 0.890. The second kappa shape index (κ2) is 25.5. The Kier molecular flexibility index (Phi) is 20.9. The van der Waals surface area contributed by atoms with Gasteiger partial charge in [0.25, 0.3) is 0 Å². The van der Waals surface area contributed by atoms with E-state index in [1.807, 2.05) is 193 Å². The van der Waals surface area contributed by atoms with Crippen molar-refractivity contribution >= 4 is 103 Å². The highest BCUT2D eigenvalue weighted by Crippen LogP contribution is 2.26. The molecule has 0 aromatic heterocycles. The lowest BCUT2D eigenvalue weighted by Gasteiger charge is -2.23. The molecule has 328 valence electrons. The molecule has 1 atom stereocenters. The third kappa shape index (κ3) is 18.6. The number of nitrogens with zero attached hydrogens (tertiary/aromatic N) is 2. The second-order valence-electron chi connectivity index (χ2n) is 16.1. The van der Waals surface area contributed by atoms with Crippen LogP contribution in [0, 0.1) is 0 Å². The maximum Gasteiger partial charge on any atom is 0.331 e. The van der Waals surface area contributed by atoms with Crippen molar-refractivity contribution in [1.82, 2.24) is 0 Å². The van der Waals surface area contributed by atoms with Gasteiger partial charge in [-0.2, -0.15) is 0 Å². The highest BCUT2D eigenvalue weighted by atomic mass is 79.9. The van der Waals surface area contributed by atoms with Crippen LogP contribution >= 0.6 is 79.6 Å². The quantitative estimate of drug-likeness (QED) is 0.0736. The predicted molar refractivity (Wildman–Crippen MR) is 277 cm³/mol. The van der Waals surface area contributed by atoms with Crippen molar-refractivity contribution in [2.24, 2.45) is 9.98 Å². The van der Waals surface area contributed by atoms with Crippen LogP contribution in [-0.2, 0) is 30.8 Å². The molecule has 0 heterocycles. The number of carbonyl (C=O) groups is 2. The Labute approximate surface area is 414 Å². The van der Waals surface area contributed by atoms with Gasteiger partial charge in [-0.25, -0.2) is 4.79 Å². The van der Waals surface area contributed by atoms with E-state index in [9.17, 15) is 9.59 Å². The number of aliphatic imine (C=N–C) groups is 2. The Morgan fingerprint density at radius 3 is 1.27 bits per heavy atom. The molecule has 0 spiro atoms. The van der Waals surface area contributed by atoms with E-state index in [2.05, 4.69) is 90.7 Å². The molecule has 0 radical (unpaired) electrons. The lowest BCUT2D eigenvalue weighted by Crippen LogP contribution is -2.33. The molecule has 6 aromatic carbocycles. The number of rotatable bonds is 11. The molecule has 1 unspecified atom stereocenters. The number of alkyl halides is 1. The van der Waals surface area contributed by atoms with Gasteiger partial charge in [0.05, 0.1) is 11.4 Å². The Balaban J connectivity index is 0.000000235. The van der Waals surface area contributed by atoms with Gasteiger partial charge in [-0.15, -0.1) is 0 Å². The number of esters is 2. The molecular formula is C52H51Br5N2O4. The summed E-state index contributed by atoms with van der Waals surface area (Å²) in [5.41, 5.74) is 6.61. The molecule has 6 nitrogen and oxygen atoms in total. The zero-order valence-corrected chi connectivity index (χ0v) is 44.1. The van der Waals surface area contributed by atoms with E-state index in [1.54, 1.807) is 0 Å². The van der Waals surface area contributed by atoms with E-state index in [0.717, 1.165) is 62.5 Å². The summed E-state index contributed by atoms with van der Waals surface area (Å²) in [6.07, 6.45) is 0.423. The van der Waals surface area contributed by atoms with E-state index in [-0.39, 0.29) is 18.5 Å². The summed E-state index contributed by atoms with van der Waals surface area (Å²) >= 11 is 17.3. The van der Waals surface area contributed by atoms with Gasteiger partial charge in [0, 0.05) is 51.9 Å². The lowest BCUT2D eigenvalue weighted by atomic mass is 10.0. The molecule has 0 N–H and O–H groups in total. The monoisotopic (exact) mass is 1160 g/mol. The Morgan fingerprint density at radius 2 is 0.905 bits per heavy atom. The molecule has 6 rings (SSSR count). The molecule has 0 saturated carbocycles. The Morgan fingerprint density at radius 1 is 0.524 bits per heavy atom. The van der Waals surface area contributed by atoms with Crippen LogP contribution in [0.1, 0.15) is 74.9 Å². The topological polar surface area (TPSA) is 77.3 Å². The maximum atomic E-state index is 13.2. The first-order valence-electron chi connectivity index (χ1n) is 20.1. The van der Waals surface area contributed by atoms with E-state index in [1.165, 1.54) is 5.56 Å². The molecular weight excluding hydrogens is 1120 g/mol. The number of hydrogen-bond acceptors (Lipinski definition) is 6. The van der Waals surface area contributed by atoms with Crippen LogP contribution < -0.4 is 0 Å². The maximum absolute atomic E-state index is 13.2. The fourth-order valence-corrected chi connectivity index (χ4v) is 9.06. The molecule has 63 heavy (non-hydrogen) atoms. The largest absolute Gasteiger partial charge is 0.459 e. The number of hydrogen-bond donors (Lipinski definition) is 0. The molecule has 0 aliphatic heterocycles. The van der Waals surface area contributed by atoms with Gasteiger partial charge in [0.1, 0.15) is 17.7 Å². The molecule has 0 bridgehead atoms. The predicted octanol–water partition coefficient (Wildman–Crippen LogP) is 15.0. The molecule has 0 aliphatic carbocycles. The van der Waals surface area contributed by atoms with Gasteiger partial charge < -0.3 is 9.47 Å². The van der Waals surface area contributed by atoms with Crippen molar-refractivity contribution in [1.29, 1.82) is 0 Å². The highest BCUT2D eigenvalue weighted by molar-refractivity contribution is 9.11. The molecule has 11 heteroatoms. The van der Waals surface area contributed by atoms with Gasteiger partial charge in [0.15, 0.2) is 6.04 Å². The first-order chi connectivity index (χ1) is 29.9. The summed E-state index contributed by atoms with van der Waals surface area (Å²) in [4.78, 5) is 34.5. The van der Waals surface area contributed by atoms with E-state index in [0.29, 0.717) is 6.42 Å². The minimum atomic E-state index is -0.688. The smallest absolute Gasteiger partial charge is 0.331 e. The van der Waals surface area contributed by atoms with Gasteiger partial charge in [-0.3, -0.25) is 14.8 Å². The zero-order valence-electron chi connectivity index (χ0n) is 36.1. The normalized spacial score (nSPS) is 11.3. The highest BCUT2D eigenvalue weighted by Gasteiger charge is 2.27. The summed E-state index contributed by atoms with van der Waals surface area (Å²) in [6, 6.07) is 50.9. The minimum Gasteiger partial charge on any atom is -0.459 e. The molecule has 6 aromatic rings. The van der Waals surface area contributed by atoms with Crippen LogP contribution in [0.15, 0.2) is 186 Å². The molecule has 0 amide bonds. The molecule has 0 aliphatic rings. The number of halogens is 5. The minimum absolute atomic E-state index is 0.0103. The van der Waals surface area contributed by atoms with E-state index >= 15 is 0 Å². The van der Waals surface area contributed by atoms with Crippen molar-refractivity contribution in [3.8, 4) is 0 Å². The average molecular weight is 1170 g/mol. The van der Waals surface area contributed by atoms with Crippen molar-refractivity contribution in [3.63, 3.8) is 0 Å². The second-order valence-corrected chi connectivity index (χ2v) is 20.2. The summed E-state index contributed by atoms with van der Waals surface area (Å²) in [7, 11) is 0. The third-order valence-corrected chi connectivity index (χ3v) is 11.6. The van der Waals surface area contributed by atoms with Crippen LogP contribution in [-0.4, -0.2) is 47.2 Å². The third-order valence-electron chi connectivity index (χ3n) is 8.53. The lowest BCUT2D eigenvalue weighted by molar-refractivity contribution is -0.156. The number of ether oxygens (including phenoxy) is 2. The van der Waals surface area contributed by atoms with Crippen LogP contribution in [0.4, 0.5) is 0 Å². The summed E-state index contributed by atoms with van der Waals surface area (Å²) in [6.45, 7) is 11.2. The fraction of sp³-hybridized carbons (Fsp3) is 0.231. The number of carbonyl (C=O) groups excluding carboxylic acids is 2. The first-order valence-corrected chi connectivity index (χ1v) is 24.4. The van der Waals surface area contributed by atoms with Gasteiger partial charge >= 0.3 is 11.9 Å². The standard InChI is InChI=1S/C26H25Br2NO2.C19H21NO2.C7H5Br3/c1-26(2,3)31-25(30)23(16-20-14-15-21(27)17-22(20)28)29-24(18-10-6-4-7-11-18)19-12-8-5-9-13-19;1-19(2,3)22-17(21)14-20-18(15-10-6-4-7-11-15)16-12-8-5-9-13-16;8-4-5-1-2-6(9)3-7(5)10/h4-15,17,23H,16H2,1-3H3;4-13H,14H2,1-3H3;1-3H,4H2. The Bertz CT molecular complexity index is 2350. The molecule has 0 saturated heterocycles. The van der Waals surface area contributed by atoms with Crippen LogP contribution in [0.25, 0.3) is 0 Å². The summed E-state index contributed by atoms with van der Waals surface area (Å²) < 4.78 is 15.2. The van der Waals surface area contributed by atoms with Crippen molar-refractivity contribution in [3.05, 3.63) is 209 Å². The van der Waals surface area contributed by atoms with Crippen LogP contribution in [0.3, 0.4) is 0 Å². The van der Waals surface area contributed by atoms with Gasteiger partial charge in [-0.05, 0) is 76.9 Å². The van der Waals surface area contributed by atoms with Gasteiger partial charge in [0.2, 0.25) is 0 Å². The van der Waals surface area contributed by atoms with Crippen LogP contribution in [0.2, 0.25) is 0 Å². The van der Waals surface area contributed by atoms with Crippen LogP contribution in [0.5, 0.6) is 0 Å². The van der Waals surface area contributed by atoms with E-state index < -0.39 is 17.2 Å². The van der Waals surface area contributed by atoms with Gasteiger partial charge in [-0.1, -0.05) is 213 Å². The fourth-order valence-electron chi connectivity index (χ4n) is 5.80. The Hall–Kier alpha value is -4.00. The SMILES string of the molecule is BrCc1ccc(Br)cc1Br.CC(C)(C)OC(=O)C(Cc1ccc(Br)cc1Br)N=C(c1ccccc1)c1ccccc1.CC(C)(C)OC(=O)CN=C(c1ccccc1)c1ccccc1. The zero-order chi connectivity index (χ0) is 46.0. The van der Waals surface area contributed by atoms with Crippen molar-refractivity contribution in [2.75, 3.05) is 6.54 Å². The first kappa shape index (κ1) is 51.6. The van der Waals surface area contributed by atoms with Crippen molar-refractivity contribution in [2.45, 2.75) is 70.5 Å².